The highest BCUT2D eigenvalue weighted by molar-refractivity contribution is 6.32. The predicted molar refractivity (Wildman–Crippen MR) is 68.3 cm³/mol. The van der Waals surface area contributed by atoms with Crippen LogP contribution in [0, 0.1) is 0 Å². The fraction of sp³-hybridized carbons (Fsp3) is 0.538. The van der Waals surface area contributed by atoms with Crippen molar-refractivity contribution in [1.29, 1.82) is 0 Å². The summed E-state index contributed by atoms with van der Waals surface area (Å²) >= 11 is 6.14. The van der Waals surface area contributed by atoms with Gasteiger partial charge in [0.1, 0.15) is 0 Å². The third-order valence-electron chi connectivity index (χ3n) is 3.55. The predicted octanol–water partition coefficient (Wildman–Crippen LogP) is 1.73. The average Bonchev–Trinajstić information content (AvgIpc) is 2.78. The van der Waals surface area contributed by atoms with E-state index in [9.17, 15) is 5.11 Å². The maximum Gasteiger partial charge on any atom is 0.231 e. The first-order valence-corrected chi connectivity index (χ1v) is 6.55. The van der Waals surface area contributed by atoms with Gasteiger partial charge in [-0.3, -0.25) is 0 Å². The molecular formula is C13H16ClNO3. The van der Waals surface area contributed by atoms with Crippen molar-refractivity contribution in [1.82, 2.24) is 5.32 Å². The first-order valence-electron chi connectivity index (χ1n) is 6.17. The first kappa shape index (κ1) is 12.1. The van der Waals surface area contributed by atoms with E-state index in [1.165, 1.54) is 0 Å². The molecule has 0 aromatic heterocycles. The highest BCUT2D eigenvalue weighted by atomic mass is 35.5. The van der Waals surface area contributed by atoms with Crippen LogP contribution in [0.3, 0.4) is 0 Å². The van der Waals surface area contributed by atoms with Crippen LogP contribution >= 0.6 is 11.6 Å². The Balaban J connectivity index is 1.82. The van der Waals surface area contributed by atoms with E-state index in [1.807, 2.05) is 12.1 Å². The van der Waals surface area contributed by atoms with Crippen molar-refractivity contribution in [2.24, 2.45) is 0 Å². The van der Waals surface area contributed by atoms with Gasteiger partial charge in [-0.05, 0) is 43.6 Å². The molecule has 2 aliphatic rings. The van der Waals surface area contributed by atoms with Crippen LogP contribution in [0.1, 0.15) is 18.4 Å². The Morgan fingerprint density at radius 1 is 1.28 bits per heavy atom. The molecule has 0 saturated carbocycles. The normalized spacial score (nSPS) is 21.0. The number of hydrogen-bond donors (Lipinski definition) is 2. The number of nitrogens with one attached hydrogen (secondary N) is 1. The topological polar surface area (TPSA) is 50.7 Å². The maximum atomic E-state index is 10.5. The molecule has 0 radical (unpaired) electrons. The Hall–Kier alpha value is -0.970. The zero-order valence-electron chi connectivity index (χ0n) is 10.0. The van der Waals surface area contributed by atoms with Gasteiger partial charge in [-0.15, -0.1) is 0 Å². The van der Waals surface area contributed by atoms with Gasteiger partial charge in [0, 0.05) is 6.42 Å². The quantitative estimate of drug-likeness (QED) is 0.859. The Morgan fingerprint density at radius 2 is 2.06 bits per heavy atom. The zero-order valence-corrected chi connectivity index (χ0v) is 10.8. The van der Waals surface area contributed by atoms with Gasteiger partial charge < -0.3 is 19.9 Å². The Kier molecular flexibility index (Phi) is 3.09. The summed E-state index contributed by atoms with van der Waals surface area (Å²) in [7, 11) is 0. The molecule has 1 saturated heterocycles. The minimum atomic E-state index is -0.637. The number of aliphatic hydroxyl groups is 1. The van der Waals surface area contributed by atoms with Crippen LogP contribution in [0.5, 0.6) is 11.5 Å². The molecule has 0 atom stereocenters. The van der Waals surface area contributed by atoms with E-state index in [-0.39, 0.29) is 6.79 Å². The molecule has 0 unspecified atom stereocenters. The van der Waals surface area contributed by atoms with Crippen molar-refractivity contribution < 1.29 is 14.6 Å². The number of halogens is 1. The fourth-order valence-electron chi connectivity index (χ4n) is 2.57. The molecular weight excluding hydrogens is 254 g/mol. The second-order valence-electron chi connectivity index (χ2n) is 4.96. The third kappa shape index (κ3) is 2.28. The van der Waals surface area contributed by atoms with Crippen LogP contribution < -0.4 is 14.8 Å². The Labute approximate surface area is 111 Å². The second kappa shape index (κ2) is 4.61. The van der Waals surface area contributed by atoms with Gasteiger partial charge in [-0.25, -0.2) is 0 Å². The van der Waals surface area contributed by atoms with E-state index in [4.69, 9.17) is 21.1 Å². The lowest BCUT2D eigenvalue weighted by molar-refractivity contribution is 0.0108. The molecule has 3 rings (SSSR count). The Morgan fingerprint density at radius 3 is 2.83 bits per heavy atom. The molecule has 0 bridgehead atoms. The van der Waals surface area contributed by atoms with Crippen LogP contribution in [-0.4, -0.2) is 30.6 Å². The molecule has 0 amide bonds. The highest BCUT2D eigenvalue weighted by Gasteiger charge is 2.30. The molecule has 1 aromatic rings. The molecule has 98 valence electrons. The number of piperidine rings is 1. The maximum absolute atomic E-state index is 10.5. The van der Waals surface area contributed by atoms with E-state index >= 15 is 0 Å². The summed E-state index contributed by atoms with van der Waals surface area (Å²) in [4.78, 5) is 0. The smallest absolute Gasteiger partial charge is 0.231 e. The molecule has 0 spiro atoms. The molecule has 1 fully saturated rings. The van der Waals surface area contributed by atoms with Crippen molar-refractivity contribution >= 4 is 11.6 Å². The number of rotatable bonds is 2. The van der Waals surface area contributed by atoms with Crippen molar-refractivity contribution in [2.75, 3.05) is 19.9 Å². The summed E-state index contributed by atoms with van der Waals surface area (Å²) in [5.74, 6) is 1.28. The number of ether oxygens (including phenoxy) is 2. The van der Waals surface area contributed by atoms with Gasteiger partial charge in [0.15, 0.2) is 11.5 Å². The second-order valence-corrected chi connectivity index (χ2v) is 5.37. The monoisotopic (exact) mass is 269 g/mol. The van der Waals surface area contributed by atoms with Crippen LogP contribution in [0.25, 0.3) is 0 Å². The Bertz CT molecular complexity index is 458. The lowest BCUT2D eigenvalue weighted by Crippen LogP contribution is -2.43. The minimum absolute atomic E-state index is 0.215. The van der Waals surface area contributed by atoms with E-state index in [1.54, 1.807) is 0 Å². The van der Waals surface area contributed by atoms with Gasteiger partial charge >= 0.3 is 0 Å². The number of fused-ring (bicyclic) bond motifs is 1. The highest BCUT2D eigenvalue weighted by Crippen LogP contribution is 2.40. The van der Waals surface area contributed by atoms with E-state index in [0.29, 0.717) is 22.9 Å². The largest absolute Gasteiger partial charge is 0.454 e. The zero-order chi connectivity index (χ0) is 12.6. The molecule has 18 heavy (non-hydrogen) atoms. The van der Waals surface area contributed by atoms with Gasteiger partial charge in [0.05, 0.1) is 10.6 Å². The first-order chi connectivity index (χ1) is 8.66. The minimum Gasteiger partial charge on any atom is -0.454 e. The average molecular weight is 270 g/mol. The standard InChI is InChI=1S/C13H16ClNO3/c14-10-5-9(6-11-12(10)18-8-17-11)7-13(16)1-3-15-4-2-13/h5-6,15-16H,1-4,7-8H2. The van der Waals surface area contributed by atoms with Crippen LogP contribution in [0.15, 0.2) is 12.1 Å². The van der Waals surface area contributed by atoms with E-state index < -0.39 is 5.60 Å². The molecule has 4 nitrogen and oxygen atoms in total. The van der Waals surface area contributed by atoms with Gasteiger partial charge in [-0.2, -0.15) is 0 Å². The van der Waals surface area contributed by atoms with Crippen LogP contribution in [0.2, 0.25) is 5.02 Å². The molecule has 2 heterocycles. The fourth-order valence-corrected chi connectivity index (χ4v) is 2.86. The summed E-state index contributed by atoms with van der Waals surface area (Å²) in [6.07, 6.45) is 2.13. The lowest BCUT2D eigenvalue weighted by atomic mass is 9.86. The summed E-state index contributed by atoms with van der Waals surface area (Å²) in [6, 6.07) is 3.77. The molecule has 2 aliphatic heterocycles. The van der Waals surface area contributed by atoms with Crippen molar-refractivity contribution in [3.63, 3.8) is 0 Å². The number of hydrogen-bond acceptors (Lipinski definition) is 4. The molecule has 5 heteroatoms. The number of benzene rings is 1. The summed E-state index contributed by atoms with van der Waals surface area (Å²) in [6.45, 7) is 1.93. The van der Waals surface area contributed by atoms with Gasteiger partial charge in [0.25, 0.3) is 0 Å². The van der Waals surface area contributed by atoms with Crippen molar-refractivity contribution in [3.8, 4) is 11.5 Å². The SMILES string of the molecule is OC1(Cc2cc(Cl)c3c(c2)OCO3)CCNCC1. The summed E-state index contributed by atoms with van der Waals surface area (Å²) in [5, 5.41) is 14.3. The van der Waals surface area contributed by atoms with Crippen molar-refractivity contribution in [2.45, 2.75) is 24.9 Å². The third-order valence-corrected chi connectivity index (χ3v) is 3.84. The molecule has 1 aromatic carbocycles. The van der Waals surface area contributed by atoms with Gasteiger partial charge in [0.2, 0.25) is 6.79 Å². The van der Waals surface area contributed by atoms with E-state index in [0.717, 1.165) is 31.5 Å². The van der Waals surface area contributed by atoms with Crippen LogP contribution in [-0.2, 0) is 6.42 Å². The summed E-state index contributed by atoms with van der Waals surface area (Å²) in [5.41, 5.74) is 0.357. The van der Waals surface area contributed by atoms with Crippen LogP contribution in [0.4, 0.5) is 0 Å². The lowest BCUT2D eigenvalue weighted by Gasteiger charge is -2.32. The molecule has 2 N–H and O–H groups in total. The van der Waals surface area contributed by atoms with Crippen molar-refractivity contribution in [3.05, 3.63) is 22.7 Å². The van der Waals surface area contributed by atoms with Gasteiger partial charge in [-0.1, -0.05) is 11.6 Å². The molecule has 0 aliphatic carbocycles. The summed E-state index contributed by atoms with van der Waals surface area (Å²) < 4.78 is 10.6. The van der Waals surface area contributed by atoms with E-state index in [2.05, 4.69) is 5.32 Å².